The second-order valence-electron chi connectivity index (χ2n) is 11.9. The maximum atomic E-state index is 14.7. The molecule has 12 heteroatoms. The third-order valence-electron chi connectivity index (χ3n) is 8.07. The predicted octanol–water partition coefficient (Wildman–Crippen LogP) is 6.18. The minimum absolute atomic E-state index is 0.118. The number of aromatic amines is 2. The fourth-order valence-electron chi connectivity index (χ4n) is 5.87. The Bertz CT molecular complexity index is 2000. The molecule has 5 aromatic heterocycles. The molecule has 1 saturated heterocycles. The van der Waals surface area contributed by atoms with Crippen molar-refractivity contribution in [2.75, 3.05) is 45.6 Å². The van der Waals surface area contributed by atoms with Gasteiger partial charge in [0.05, 0.1) is 23.6 Å². The van der Waals surface area contributed by atoms with Crippen LogP contribution in [0.2, 0.25) is 0 Å². The summed E-state index contributed by atoms with van der Waals surface area (Å²) in [5.41, 5.74) is 7.47. The second-order valence-corrected chi connectivity index (χ2v) is 11.9. The maximum Gasteiger partial charge on any atom is 0.261 e. The average molecular weight is 612 g/mol. The normalized spacial score (nSPS) is 15.1. The van der Waals surface area contributed by atoms with E-state index in [9.17, 15) is 13.2 Å². The number of halogens is 3. The highest BCUT2D eigenvalue weighted by molar-refractivity contribution is 6.00. The Labute approximate surface area is 257 Å². The number of rotatable bonds is 9. The average Bonchev–Trinajstić information content (AvgIpc) is 3.72. The van der Waals surface area contributed by atoms with Crippen molar-refractivity contribution >= 4 is 27.6 Å². The first-order valence-corrected chi connectivity index (χ1v) is 14.8. The molecule has 9 nitrogen and oxygen atoms in total. The number of nitrogens with zero attached hydrogens (tertiary/aromatic N) is 6. The lowest BCUT2D eigenvalue weighted by Gasteiger charge is -2.15. The van der Waals surface area contributed by atoms with Crippen LogP contribution in [0.25, 0.3) is 55.7 Å². The quantitative estimate of drug-likeness (QED) is 0.179. The summed E-state index contributed by atoms with van der Waals surface area (Å²) < 4.78 is 42.1. The summed E-state index contributed by atoms with van der Waals surface area (Å²) in [5.74, 6) is -2.98. The molecule has 0 spiro atoms. The van der Waals surface area contributed by atoms with Crippen LogP contribution >= 0.6 is 0 Å². The fourth-order valence-corrected chi connectivity index (χ4v) is 5.87. The molecule has 3 N–H and O–H groups in total. The van der Waals surface area contributed by atoms with Gasteiger partial charge in [0.15, 0.2) is 5.65 Å². The van der Waals surface area contributed by atoms with Gasteiger partial charge in [0.1, 0.15) is 5.82 Å². The van der Waals surface area contributed by atoms with Crippen molar-refractivity contribution < 1.29 is 13.2 Å². The number of anilines is 1. The van der Waals surface area contributed by atoms with Crippen molar-refractivity contribution in [3.05, 3.63) is 78.6 Å². The maximum absolute atomic E-state index is 14.7. The molecule has 0 unspecified atom stereocenters. The molecule has 1 fully saturated rings. The zero-order valence-corrected chi connectivity index (χ0v) is 24.9. The third-order valence-corrected chi connectivity index (χ3v) is 8.07. The van der Waals surface area contributed by atoms with Crippen LogP contribution in [-0.2, 0) is 6.54 Å². The van der Waals surface area contributed by atoms with E-state index in [1.807, 2.05) is 44.4 Å². The van der Waals surface area contributed by atoms with Gasteiger partial charge in [0.25, 0.3) is 5.92 Å². The van der Waals surface area contributed by atoms with Crippen molar-refractivity contribution in [3.63, 3.8) is 0 Å². The molecule has 6 aromatic rings. The molecule has 0 bridgehead atoms. The van der Waals surface area contributed by atoms with Crippen LogP contribution in [-0.4, -0.2) is 86.1 Å². The van der Waals surface area contributed by atoms with Crippen molar-refractivity contribution in [2.24, 2.45) is 0 Å². The molecule has 1 aromatic carbocycles. The van der Waals surface area contributed by atoms with Crippen LogP contribution in [0.15, 0.2) is 67.3 Å². The molecule has 0 radical (unpaired) electrons. The molecule has 230 valence electrons. The van der Waals surface area contributed by atoms with Crippen molar-refractivity contribution in [1.82, 2.24) is 39.9 Å². The first-order chi connectivity index (χ1) is 21.7. The van der Waals surface area contributed by atoms with Gasteiger partial charge < -0.3 is 15.2 Å². The van der Waals surface area contributed by atoms with E-state index in [0.717, 1.165) is 50.9 Å². The van der Waals surface area contributed by atoms with Crippen molar-refractivity contribution in [3.8, 4) is 33.8 Å². The molecule has 0 amide bonds. The molecular formula is C33H32F3N9. The highest BCUT2D eigenvalue weighted by atomic mass is 19.3. The smallest absolute Gasteiger partial charge is 0.261 e. The van der Waals surface area contributed by atoms with E-state index in [1.165, 1.54) is 12.1 Å². The number of benzene rings is 1. The Hall–Kier alpha value is -4.81. The number of fused-ring (bicyclic) bond motifs is 2. The predicted molar refractivity (Wildman–Crippen MR) is 169 cm³/mol. The van der Waals surface area contributed by atoms with Crippen LogP contribution < -0.4 is 5.32 Å². The Balaban J connectivity index is 1.20. The lowest BCUT2D eigenvalue weighted by Crippen LogP contribution is -2.24. The fraction of sp³-hybridized carbons (Fsp3) is 0.273. The van der Waals surface area contributed by atoms with Gasteiger partial charge in [-0.05, 0) is 62.1 Å². The number of hydrogen-bond acceptors (Lipinski definition) is 7. The molecule has 6 heterocycles. The molecule has 1 aliphatic heterocycles. The summed E-state index contributed by atoms with van der Waals surface area (Å²) in [7, 11) is 3.98. The minimum Gasteiger partial charge on any atom is -0.384 e. The van der Waals surface area contributed by atoms with Crippen LogP contribution in [0.3, 0.4) is 0 Å². The monoisotopic (exact) mass is 611 g/mol. The number of aromatic nitrogens is 6. The van der Waals surface area contributed by atoms with E-state index < -0.39 is 5.92 Å². The lowest BCUT2D eigenvalue weighted by atomic mass is 10.0. The highest BCUT2D eigenvalue weighted by Gasteiger charge is 2.37. The molecule has 7 rings (SSSR count). The molecule has 1 aliphatic rings. The van der Waals surface area contributed by atoms with Crippen molar-refractivity contribution in [1.29, 1.82) is 0 Å². The zero-order valence-electron chi connectivity index (χ0n) is 24.9. The summed E-state index contributed by atoms with van der Waals surface area (Å²) in [6.07, 6.45) is 6.78. The van der Waals surface area contributed by atoms with E-state index in [4.69, 9.17) is 0 Å². The summed E-state index contributed by atoms with van der Waals surface area (Å²) in [4.78, 5) is 20.8. The van der Waals surface area contributed by atoms with Gasteiger partial charge >= 0.3 is 0 Å². The van der Waals surface area contributed by atoms with Gasteiger partial charge in [-0.3, -0.25) is 20.0 Å². The Morgan fingerprint density at radius 1 is 0.978 bits per heavy atom. The summed E-state index contributed by atoms with van der Waals surface area (Å²) >= 11 is 0. The topological polar surface area (TPSA) is 102 Å². The van der Waals surface area contributed by atoms with E-state index in [1.54, 1.807) is 29.7 Å². The van der Waals surface area contributed by atoms with E-state index in [2.05, 4.69) is 40.3 Å². The molecule has 0 atom stereocenters. The lowest BCUT2D eigenvalue weighted by molar-refractivity contribution is 0.0115. The summed E-state index contributed by atoms with van der Waals surface area (Å²) in [6, 6.07) is 12.7. The summed E-state index contributed by atoms with van der Waals surface area (Å²) in [6.45, 7) is 2.03. The Kier molecular flexibility index (Phi) is 7.46. The SMILES string of the molecule is CN(C)CCNc1cc(F)cc(-c2nccc3[nH]c(-c4[nH]nc5ncc(-c6cncc(CN7CCC(F)(F)C7)c6)cc45)cc23)c1. The zero-order chi connectivity index (χ0) is 31.1. The van der Waals surface area contributed by atoms with Crippen LogP contribution in [0.1, 0.15) is 12.0 Å². The van der Waals surface area contributed by atoms with Crippen LogP contribution in [0.4, 0.5) is 18.9 Å². The third kappa shape index (κ3) is 6.11. The standard InChI is InChI=1S/C33H32F3N9/c1-44(2)8-6-38-25-11-21(10-24(34)13-25)30-26-14-29(41-28(26)3-5-39-30)31-27-12-23(17-40-32(27)43-42-31)22-9-20(15-37-16-22)18-45-7-4-33(35,36)19-45/h3,5,9-17,38,41H,4,6-8,18-19H2,1-2H3,(H,40,42,43). The number of likely N-dealkylation sites (tertiary alicyclic amines) is 1. The largest absolute Gasteiger partial charge is 0.384 e. The van der Waals surface area contributed by atoms with Gasteiger partial charge in [-0.25, -0.2) is 18.2 Å². The number of likely N-dealkylation sites (N-methyl/N-ethyl adjacent to an activating group) is 1. The number of pyridine rings is 3. The van der Waals surface area contributed by atoms with E-state index in [-0.39, 0.29) is 18.8 Å². The number of alkyl halides is 2. The number of nitrogens with one attached hydrogen (secondary N) is 3. The second kappa shape index (κ2) is 11.6. The van der Waals surface area contributed by atoms with Crippen LogP contribution in [0.5, 0.6) is 0 Å². The summed E-state index contributed by atoms with van der Waals surface area (Å²) in [5, 5.41) is 12.5. The van der Waals surface area contributed by atoms with Gasteiger partial charge in [-0.2, -0.15) is 5.10 Å². The first kappa shape index (κ1) is 28.9. The number of H-pyrrole nitrogens is 2. The highest BCUT2D eigenvalue weighted by Crippen LogP contribution is 2.35. The first-order valence-electron chi connectivity index (χ1n) is 14.8. The van der Waals surface area contributed by atoms with E-state index in [0.29, 0.717) is 42.2 Å². The molecule has 0 saturated carbocycles. The van der Waals surface area contributed by atoms with Gasteiger partial charge in [0.2, 0.25) is 0 Å². The minimum atomic E-state index is -2.64. The molecule has 45 heavy (non-hydrogen) atoms. The van der Waals surface area contributed by atoms with Crippen LogP contribution in [0, 0.1) is 5.82 Å². The Morgan fingerprint density at radius 3 is 2.67 bits per heavy atom. The number of hydrogen-bond donors (Lipinski definition) is 3. The van der Waals surface area contributed by atoms with Gasteiger partial charge in [-0.1, -0.05) is 0 Å². The molecule has 0 aliphatic carbocycles. The van der Waals surface area contributed by atoms with Crippen molar-refractivity contribution in [2.45, 2.75) is 18.9 Å². The van der Waals surface area contributed by atoms with Gasteiger partial charge in [-0.15, -0.1) is 0 Å². The van der Waals surface area contributed by atoms with Gasteiger partial charge in [0, 0.05) is 96.1 Å². The Morgan fingerprint density at radius 2 is 1.84 bits per heavy atom. The van der Waals surface area contributed by atoms with E-state index >= 15 is 0 Å². The molecular weight excluding hydrogens is 579 g/mol.